The van der Waals surface area contributed by atoms with Gasteiger partial charge in [-0.15, -0.1) is 0 Å². The Bertz CT molecular complexity index is 691. The molecule has 3 rings (SSSR count). The summed E-state index contributed by atoms with van der Waals surface area (Å²) in [6, 6.07) is 0. The van der Waals surface area contributed by atoms with E-state index in [2.05, 4.69) is 17.0 Å². The van der Waals surface area contributed by atoms with E-state index < -0.39 is 0 Å². The first-order chi connectivity index (χ1) is 11.4. The second-order valence-corrected chi connectivity index (χ2v) is 7.01. The first-order valence-electron chi connectivity index (χ1n) is 8.28. The highest BCUT2D eigenvalue weighted by Crippen LogP contribution is 2.26. The van der Waals surface area contributed by atoms with Gasteiger partial charge in [-0.1, -0.05) is 0 Å². The molecule has 7 nitrogen and oxygen atoms in total. The van der Waals surface area contributed by atoms with Crippen LogP contribution in [0.3, 0.4) is 0 Å². The Balaban J connectivity index is 1.93. The minimum absolute atomic E-state index is 0.0294. The van der Waals surface area contributed by atoms with Gasteiger partial charge in [0.2, 0.25) is 0 Å². The average Bonchev–Trinajstić information content (AvgIpc) is 2.82. The van der Waals surface area contributed by atoms with Crippen LogP contribution in [-0.2, 0) is 24.3 Å². The van der Waals surface area contributed by atoms with Gasteiger partial charge in [0, 0.05) is 59.0 Å². The maximum atomic E-state index is 12.8. The minimum atomic E-state index is -0.268. The predicted molar refractivity (Wildman–Crippen MR) is 90.5 cm³/mol. The molecule has 0 saturated heterocycles. The van der Waals surface area contributed by atoms with Gasteiger partial charge in [-0.25, -0.2) is 0 Å². The Labute approximate surface area is 142 Å². The van der Waals surface area contributed by atoms with Crippen LogP contribution in [0.1, 0.15) is 21.7 Å². The summed E-state index contributed by atoms with van der Waals surface area (Å²) >= 11 is 0. The zero-order chi connectivity index (χ0) is 17.4. The number of fused-ring (bicyclic) bond motifs is 3. The van der Waals surface area contributed by atoms with E-state index >= 15 is 0 Å². The number of likely N-dealkylation sites (N-methyl/N-ethyl adjacent to an activating group) is 1. The van der Waals surface area contributed by atoms with Crippen LogP contribution >= 0.6 is 0 Å². The molecule has 1 atom stereocenters. The number of hydrogen-bond acceptors (Lipinski definition) is 5. The summed E-state index contributed by atoms with van der Waals surface area (Å²) in [7, 11) is 7.57. The minimum Gasteiger partial charge on any atom is -0.383 e. The molecular weight excluding hydrogens is 306 g/mol. The van der Waals surface area contributed by atoms with E-state index in [-0.39, 0.29) is 17.6 Å². The fraction of sp³-hybridized carbons (Fsp3) is 0.588. The number of carbonyl (C=O) groups excluding carboxylic acids is 2. The van der Waals surface area contributed by atoms with Crippen molar-refractivity contribution >= 4 is 11.7 Å². The molecule has 1 amide bonds. The van der Waals surface area contributed by atoms with Gasteiger partial charge < -0.3 is 14.7 Å². The first kappa shape index (κ1) is 16.7. The number of amides is 1. The Hall–Kier alpha value is -2.15. The van der Waals surface area contributed by atoms with Crippen molar-refractivity contribution in [1.82, 2.24) is 24.5 Å². The van der Waals surface area contributed by atoms with Crippen molar-refractivity contribution in [2.45, 2.75) is 19.5 Å². The molecule has 0 saturated carbocycles. The van der Waals surface area contributed by atoms with Gasteiger partial charge in [0.25, 0.3) is 5.91 Å². The molecule has 1 unspecified atom stereocenters. The molecule has 24 heavy (non-hydrogen) atoms. The maximum Gasteiger partial charge on any atom is 0.272 e. The second-order valence-electron chi connectivity index (χ2n) is 7.01. The molecule has 0 aliphatic carbocycles. The molecule has 0 N–H and O–H groups in total. The average molecular weight is 331 g/mol. The van der Waals surface area contributed by atoms with E-state index in [0.29, 0.717) is 18.8 Å². The fourth-order valence-corrected chi connectivity index (χ4v) is 3.33. The van der Waals surface area contributed by atoms with Gasteiger partial charge >= 0.3 is 0 Å². The maximum absolute atomic E-state index is 12.8. The molecule has 0 spiro atoms. The van der Waals surface area contributed by atoms with Gasteiger partial charge in [0.1, 0.15) is 5.69 Å². The Morgan fingerprint density at radius 1 is 1.29 bits per heavy atom. The number of aromatic nitrogens is 2. The van der Waals surface area contributed by atoms with E-state index in [9.17, 15) is 9.59 Å². The zero-order valence-electron chi connectivity index (χ0n) is 14.8. The SMILES string of the molecule is CN(C)/C=C/C(=O)C1CN(C)C(=O)c2c3c(nn2C1)CCN(C)C3. The molecule has 130 valence electrons. The van der Waals surface area contributed by atoms with E-state index in [1.807, 2.05) is 19.0 Å². The Morgan fingerprint density at radius 2 is 2.04 bits per heavy atom. The van der Waals surface area contributed by atoms with Gasteiger partial charge in [0.15, 0.2) is 5.78 Å². The number of nitrogens with zero attached hydrogens (tertiary/aromatic N) is 5. The lowest BCUT2D eigenvalue weighted by atomic mass is 10.0. The molecule has 0 aromatic carbocycles. The lowest BCUT2D eigenvalue weighted by Crippen LogP contribution is -2.34. The van der Waals surface area contributed by atoms with Crippen LogP contribution in [-0.4, -0.2) is 77.5 Å². The van der Waals surface area contributed by atoms with Crippen LogP contribution < -0.4 is 0 Å². The van der Waals surface area contributed by atoms with Crippen LogP contribution in [0.2, 0.25) is 0 Å². The van der Waals surface area contributed by atoms with Crippen molar-refractivity contribution in [2.24, 2.45) is 5.92 Å². The number of ketones is 1. The fourth-order valence-electron chi connectivity index (χ4n) is 3.33. The molecule has 1 aromatic rings. The Morgan fingerprint density at radius 3 is 2.75 bits per heavy atom. The van der Waals surface area contributed by atoms with Gasteiger partial charge in [0.05, 0.1) is 18.2 Å². The molecule has 2 aliphatic rings. The van der Waals surface area contributed by atoms with Crippen LogP contribution in [0.5, 0.6) is 0 Å². The topological polar surface area (TPSA) is 61.7 Å². The van der Waals surface area contributed by atoms with Crippen LogP contribution in [0.25, 0.3) is 0 Å². The van der Waals surface area contributed by atoms with Crippen molar-refractivity contribution in [3.05, 3.63) is 29.2 Å². The molecule has 0 fully saturated rings. The summed E-state index contributed by atoms with van der Waals surface area (Å²) in [6.07, 6.45) is 4.19. The van der Waals surface area contributed by atoms with Crippen molar-refractivity contribution in [2.75, 3.05) is 41.3 Å². The molecule has 2 aliphatic heterocycles. The smallest absolute Gasteiger partial charge is 0.272 e. The number of carbonyl (C=O) groups is 2. The van der Waals surface area contributed by atoms with Gasteiger partial charge in [-0.3, -0.25) is 14.3 Å². The molecule has 3 heterocycles. The van der Waals surface area contributed by atoms with E-state index in [1.54, 1.807) is 28.9 Å². The van der Waals surface area contributed by atoms with Gasteiger partial charge in [-0.05, 0) is 13.1 Å². The van der Waals surface area contributed by atoms with Gasteiger partial charge in [-0.2, -0.15) is 5.10 Å². The summed E-state index contributed by atoms with van der Waals surface area (Å²) in [4.78, 5) is 31.0. The lowest BCUT2D eigenvalue weighted by Gasteiger charge is -2.23. The quantitative estimate of drug-likeness (QED) is 0.742. The number of rotatable bonds is 3. The van der Waals surface area contributed by atoms with Crippen LogP contribution in [0, 0.1) is 5.92 Å². The summed E-state index contributed by atoms with van der Waals surface area (Å²) in [5, 5.41) is 4.65. The van der Waals surface area contributed by atoms with E-state index in [0.717, 1.165) is 30.8 Å². The zero-order valence-corrected chi connectivity index (χ0v) is 14.8. The summed E-state index contributed by atoms with van der Waals surface area (Å²) in [6.45, 7) is 2.56. The largest absolute Gasteiger partial charge is 0.383 e. The molecule has 0 bridgehead atoms. The monoisotopic (exact) mass is 331 g/mol. The van der Waals surface area contributed by atoms with Crippen LogP contribution in [0.15, 0.2) is 12.3 Å². The van der Waals surface area contributed by atoms with E-state index in [1.165, 1.54) is 0 Å². The number of allylic oxidation sites excluding steroid dienone is 1. The van der Waals surface area contributed by atoms with E-state index in [4.69, 9.17) is 0 Å². The third-order valence-electron chi connectivity index (χ3n) is 4.67. The van der Waals surface area contributed by atoms with Crippen molar-refractivity contribution in [3.8, 4) is 0 Å². The van der Waals surface area contributed by atoms with Crippen LogP contribution in [0.4, 0.5) is 0 Å². The molecule has 1 aromatic heterocycles. The van der Waals surface area contributed by atoms with Crippen molar-refractivity contribution in [1.29, 1.82) is 0 Å². The molecule has 0 radical (unpaired) electrons. The standard InChI is InChI=1S/C17H25N5O2/c1-19(2)7-6-15(23)12-9-21(4)17(24)16-13-11-20(3)8-5-14(13)18-22(16)10-12/h6-7,12H,5,8-11H2,1-4H3/b7-6+. The normalized spacial score (nSPS) is 21.6. The lowest BCUT2D eigenvalue weighted by molar-refractivity contribution is -0.118. The van der Waals surface area contributed by atoms with Crippen molar-refractivity contribution in [3.63, 3.8) is 0 Å². The summed E-state index contributed by atoms with van der Waals surface area (Å²) in [5.74, 6) is -0.275. The Kier molecular flexibility index (Phi) is 4.45. The number of hydrogen-bond donors (Lipinski definition) is 0. The molecular formula is C17H25N5O2. The highest BCUT2D eigenvalue weighted by atomic mass is 16.2. The predicted octanol–water partition coefficient (Wildman–Crippen LogP) is 0.217. The highest BCUT2D eigenvalue weighted by Gasteiger charge is 2.34. The third-order valence-corrected chi connectivity index (χ3v) is 4.67. The second kappa shape index (κ2) is 6.39. The summed E-state index contributed by atoms with van der Waals surface area (Å²) in [5.41, 5.74) is 2.69. The third kappa shape index (κ3) is 3.08. The van der Waals surface area contributed by atoms with Crippen molar-refractivity contribution < 1.29 is 9.59 Å². The first-order valence-corrected chi connectivity index (χ1v) is 8.28. The molecule has 7 heteroatoms. The summed E-state index contributed by atoms with van der Waals surface area (Å²) < 4.78 is 1.77. The highest BCUT2D eigenvalue weighted by molar-refractivity contribution is 5.96.